The molecule has 0 N–H and O–H groups in total. The molecule has 3 nitrogen and oxygen atoms in total. The van der Waals surface area contributed by atoms with E-state index in [-0.39, 0.29) is 17.7 Å². The Bertz CT molecular complexity index is 4430. The fourth-order valence-corrected chi connectivity index (χ4v) is 21.7. The van der Waals surface area contributed by atoms with Crippen LogP contribution in [0, 0.1) is 40.9 Å². The Morgan fingerprint density at radius 1 is 0.573 bits per heavy atom. The van der Waals surface area contributed by atoms with E-state index in [1.165, 1.54) is 179 Å². The van der Waals surface area contributed by atoms with Gasteiger partial charge in [0.05, 0.1) is 16.7 Å². The minimum atomic E-state index is -0.0757. The van der Waals surface area contributed by atoms with Gasteiger partial charge >= 0.3 is 6.85 Å². The van der Waals surface area contributed by atoms with Crippen LogP contribution in [-0.4, -0.2) is 11.4 Å². The van der Waals surface area contributed by atoms with Crippen molar-refractivity contribution in [3.05, 3.63) is 150 Å². The number of fused-ring (bicyclic) bond motifs is 16. The van der Waals surface area contributed by atoms with Crippen molar-refractivity contribution < 1.29 is 4.42 Å². The number of para-hydroxylation sites is 1. The lowest BCUT2D eigenvalue weighted by atomic mass is 9.38. The van der Waals surface area contributed by atoms with Crippen LogP contribution in [0.1, 0.15) is 108 Å². The first-order valence-corrected chi connectivity index (χ1v) is 29.8. The highest BCUT2D eigenvalue weighted by Crippen LogP contribution is 2.84. The third-order valence-corrected chi connectivity index (χ3v) is 24.4. The smallest absolute Gasteiger partial charge is 0.333 e. The Morgan fingerprint density at radius 3 is 2.01 bits per heavy atom. The Labute approximate surface area is 442 Å². The first-order valence-electron chi connectivity index (χ1n) is 29.0. The fourth-order valence-electron chi connectivity index (χ4n) is 20.6. The van der Waals surface area contributed by atoms with E-state index in [1.807, 2.05) is 11.3 Å². The summed E-state index contributed by atoms with van der Waals surface area (Å²) in [4.78, 5) is 2.81. The molecular formula is C70H59BN2OS. The summed E-state index contributed by atoms with van der Waals surface area (Å²) in [6.07, 6.45) is 15.7. The van der Waals surface area contributed by atoms with Gasteiger partial charge in [-0.05, 0) is 238 Å². The molecule has 6 bridgehead atoms. The molecule has 5 heteroatoms. The highest BCUT2D eigenvalue weighted by Gasteiger charge is 2.77. The summed E-state index contributed by atoms with van der Waals surface area (Å²) in [5.74, 6) is 5.51. The average molecular weight is 987 g/mol. The number of thiophene rings is 1. The van der Waals surface area contributed by atoms with Gasteiger partial charge in [0.25, 0.3) is 0 Å². The van der Waals surface area contributed by atoms with Crippen LogP contribution in [0.3, 0.4) is 0 Å². The van der Waals surface area contributed by atoms with Gasteiger partial charge in [0.15, 0.2) is 5.58 Å². The van der Waals surface area contributed by atoms with E-state index in [9.17, 15) is 0 Å². The van der Waals surface area contributed by atoms with Gasteiger partial charge in [-0.15, -0.1) is 11.3 Å². The Morgan fingerprint density at radius 2 is 1.27 bits per heavy atom. The summed E-state index contributed by atoms with van der Waals surface area (Å²) in [5.41, 5.74) is 20.0. The van der Waals surface area contributed by atoms with Crippen molar-refractivity contribution in [2.45, 2.75) is 108 Å². The van der Waals surface area contributed by atoms with Crippen molar-refractivity contribution in [3.63, 3.8) is 0 Å². The van der Waals surface area contributed by atoms with Crippen molar-refractivity contribution in [1.29, 1.82) is 0 Å². The van der Waals surface area contributed by atoms with Crippen molar-refractivity contribution >= 4 is 115 Å². The van der Waals surface area contributed by atoms with Gasteiger partial charge in [-0.2, -0.15) is 0 Å². The minimum Gasteiger partial charge on any atom is -0.454 e. The molecule has 5 heterocycles. The monoisotopic (exact) mass is 986 g/mol. The molecule has 10 aliphatic rings. The standard InChI is InChI=1S/C70H59BN2OS/c1-67(2,3)42-12-15-48(16-13-42)73-59-30-62-53(52-21-40-8-4-5-9-41(40)22-61(52)75-62)28-51(59)54-29-56-49-10-6-7-11-60(49)74-66(56)65-63(54)71(73)57-27-44(68-31-37-18-38(32-68)20-39(19-37)33-68)26-55-50-25-43(14-17-58(50)72(65)64(55)57)69-34-46-23-45-24-47(35-69)70(45,46)36-69/h4-17,21-22,25-30,37-39,45-47H,18-20,23-24,31-36H2,1-3H3. The second-order valence-electron chi connectivity index (χ2n) is 27.7. The maximum Gasteiger partial charge on any atom is 0.333 e. The molecule has 8 saturated carbocycles. The highest BCUT2D eigenvalue weighted by atomic mass is 32.1. The number of nitrogens with zero attached hydrogens (tertiary/aromatic N) is 2. The van der Waals surface area contributed by atoms with Crippen LogP contribution >= 0.6 is 11.3 Å². The first-order chi connectivity index (χ1) is 36.6. The van der Waals surface area contributed by atoms with Gasteiger partial charge in [0.1, 0.15) is 5.58 Å². The van der Waals surface area contributed by atoms with Gasteiger partial charge in [0.2, 0.25) is 0 Å². The lowest BCUT2D eigenvalue weighted by Gasteiger charge is -2.66. The third-order valence-electron chi connectivity index (χ3n) is 23.2. The van der Waals surface area contributed by atoms with Gasteiger partial charge < -0.3 is 13.8 Å². The number of benzene rings is 8. The maximum absolute atomic E-state index is 7.37. The average Bonchev–Trinajstić information content (AvgIpc) is 3.89. The number of aromatic nitrogens is 1. The molecule has 3 aromatic heterocycles. The van der Waals surface area contributed by atoms with Crippen LogP contribution in [0.25, 0.3) is 91.5 Å². The maximum atomic E-state index is 7.37. The molecule has 8 aromatic carbocycles. The van der Waals surface area contributed by atoms with Gasteiger partial charge in [-0.1, -0.05) is 87.5 Å². The molecular weight excluding hydrogens is 928 g/mol. The summed E-state index contributed by atoms with van der Waals surface area (Å²) in [5, 5.41) is 10.7. The van der Waals surface area contributed by atoms with E-state index in [0.29, 0.717) is 10.8 Å². The van der Waals surface area contributed by atoms with Crippen molar-refractivity contribution in [2.24, 2.45) is 40.9 Å². The van der Waals surface area contributed by atoms with Crippen LogP contribution in [0.4, 0.5) is 11.4 Å². The van der Waals surface area contributed by atoms with Crippen LogP contribution < -0.4 is 15.7 Å². The summed E-state index contributed by atoms with van der Waals surface area (Å²) < 4.78 is 12.8. The van der Waals surface area contributed by atoms with Crippen molar-refractivity contribution in [2.75, 3.05) is 4.81 Å². The third kappa shape index (κ3) is 4.84. The molecule has 8 fully saturated rings. The summed E-state index contributed by atoms with van der Waals surface area (Å²) in [6, 6.07) is 53.8. The van der Waals surface area contributed by atoms with E-state index in [0.717, 1.165) is 46.7 Å². The number of hydrogen-bond donors (Lipinski definition) is 0. The lowest BCUT2D eigenvalue weighted by Crippen LogP contribution is -2.61. The van der Waals surface area contributed by atoms with Crippen LogP contribution in [0.15, 0.2) is 138 Å². The molecule has 11 aromatic rings. The SMILES string of the molecule is CC(C)(C)c1ccc(N2B3c4c(cc5c(oc6ccccc65)c4-n4c5ccc(C67CC8CC9CC(C6)C98C7)cc5c5cc(C67CC8CC(CC(C8)C6)C7)cc3c54)-c3cc4c(cc32)sc2cc3ccccc3cc24)cc1. The van der Waals surface area contributed by atoms with Gasteiger partial charge in [-0.3, -0.25) is 0 Å². The number of hydrogen-bond acceptors (Lipinski definition) is 3. The lowest BCUT2D eigenvalue weighted by molar-refractivity contribution is -0.175. The zero-order chi connectivity index (χ0) is 48.8. The quantitative estimate of drug-likeness (QED) is 0.165. The van der Waals surface area contributed by atoms with Crippen LogP contribution in [0.2, 0.25) is 0 Å². The largest absolute Gasteiger partial charge is 0.454 e. The van der Waals surface area contributed by atoms with E-state index in [4.69, 9.17) is 4.42 Å². The molecule has 364 valence electrons. The molecule has 0 amide bonds. The molecule has 0 saturated heterocycles. The van der Waals surface area contributed by atoms with Gasteiger partial charge in [0, 0.05) is 58.7 Å². The number of anilines is 2. The predicted molar refractivity (Wildman–Crippen MR) is 314 cm³/mol. The molecule has 2 unspecified atom stereocenters. The zero-order valence-electron chi connectivity index (χ0n) is 43.2. The van der Waals surface area contributed by atoms with Gasteiger partial charge in [-0.25, -0.2) is 0 Å². The Kier molecular flexibility index (Phi) is 7.15. The van der Waals surface area contributed by atoms with E-state index >= 15 is 0 Å². The molecule has 2 aliphatic heterocycles. The Hall–Kier alpha value is -6.30. The second kappa shape index (κ2) is 13.1. The molecule has 1 spiro atoms. The number of rotatable bonds is 3. The minimum absolute atomic E-state index is 0.0395. The van der Waals surface area contributed by atoms with Crippen molar-refractivity contribution in [3.8, 4) is 16.8 Å². The number of furan rings is 1. The summed E-state index contributed by atoms with van der Waals surface area (Å²) in [6.45, 7) is 6.97. The molecule has 2 atom stereocenters. The topological polar surface area (TPSA) is 21.3 Å². The van der Waals surface area contributed by atoms with E-state index < -0.39 is 0 Å². The summed E-state index contributed by atoms with van der Waals surface area (Å²) >= 11 is 1.96. The predicted octanol–water partition coefficient (Wildman–Crippen LogP) is 17.3. The van der Waals surface area contributed by atoms with Crippen molar-refractivity contribution in [1.82, 2.24) is 4.57 Å². The zero-order valence-corrected chi connectivity index (χ0v) is 44.0. The van der Waals surface area contributed by atoms with E-state index in [1.54, 1.807) is 11.1 Å². The molecule has 21 rings (SSSR count). The van der Waals surface area contributed by atoms with Crippen LogP contribution in [-0.2, 0) is 16.2 Å². The first kappa shape index (κ1) is 40.9. The Balaban J connectivity index is 0.934. The molecule has 0 radical (unpaired) electrons. The molecule has 75 heavy (non-hydrogen) atoms. The van der Waals surface area contributed by atoms with E-state index in [2.05, 4.69) is 164 Å². The second-order valence-corrected chi connectivity index (χ2v) is 28.7. The summed E-state index contributed by atoms with van der Waals surface area (Å²) in [7, 11) is 0. The normalized spacial score (nSPS) is 30.1. The highest BCUT2D eigenvalue weighted by molar-refractivity contribution is 7.26. The fraction of sp³-hybridized carbons (Fsp3) is 0.343. The van der Waals surface area contributed by atoms with Crippen LogP contribution in [0.5, 0.6) is 0 Å². The molecule has 8 aliphatic carbocycles.